The average Bonchev–Trinajstić information content (AvgIpc) is 2.20. The van der Waals surface area contributed by atoms with Crippen molar-refractivity contribution in [2.75, 3.05) is 6.54 Å². The number of nitrogens with zero attached hydrogens (tertiary/aromatic N) is 1. The number of hydrogen-bond acceptors (Lipinski definition) is 1. The number of carbonyl (C=O) groups is 1. The molecule has 0 bridgehead atoms. The van der Waals surface area contributed by atoms with Gasteiger partial charge in [0.1, 0.15) is 5.82 Å². The van der Waals surface area contributed by atoms with Crippen LogP contribution in [0.25, 0.3) is 0 Å². The monoisotopic (exact) mass is 195 g/mol. The summed E-state index contributed by atoms with van der Waals surface area (Å²) in [6.07, 6.45) is 0.814. The van der Waals surface area contributed by atoms with Crippen molar-refractivity contribution >= 4 is 6.41 Å². The van der Waals surface area contributed by atoms with Gasteiger partial charge in [-0.05, 0) is 31.5 Å². The molecule has 0 N–H and O–H groups in total. The molecule has 3 heteroatoms. The fourth-order valence-electron chi connectivity index (χ4n) is 1.37. The number of rotatable bonds is 4. The lowest BCUT2D eigenvalue weighted by Crippen LogP contribution is -2.24. The van der Waals surface area contributed by atoms with E-state index in [4.69, 9.17) is 0 Å². The highest BCUT2D eigenvalue weighted by molar-refractivity contribution is 5.48. The van der Waals surface area contributed by atoms with Gasteiger partial charge in [-0.3, -0.25) is 4.79 Å². The summed E-state index contributed by atoms with van der Waals surface area (Å²) >= 11 is 0. The molecular weight excluding hydrogens is 181 g/mol. The van der Waals surface area contributed by atoms with E-state index in [2.05, 4.69) is 0 Å². The van der Waals surface area contributed by atoms with Gasteiger partial charge in [-0.15, -0.1) is 0 Å². The Kier molecular flexibility index (Phi) is 3.63. The Labute approximate surface area is 83.3 Å². The average molecular weight is 195 g/mol. The Bertz CT molecular complexity index is 297. The standard InChI is InChI=1S/C11H14FNO/c1-3-13(8-14)9(2)10-4-6-11(12)7-5-10/h4-9H,3H2,1-2H3. The minimum absolute atomic E-state index is 0.00176. The van der Waals surface area contributed by atoms with Gasteiger partial charge in [0.05, 0.1) is 6.04 Å². The summed E-state index contributed by atoms with van der Waals surface area (Å²) in [4.78, 5) is 12.3. The lowest BCUT2D eigenvalue weighted by Gasteiger charge is -2.23. The van der Waals surface area contributed by atoms with E-state index in [0.717, 1.165) is 12.0 Å². The second-order valence-electron chi connectivity index (χ2n) is 3.16. The van der Waals surface area contributed by atoms with E-state index in [-0.39, 0.29) is 11.9 Å². The summed E-state index contributed by atoms with van der Waals surface area (Å²) in [7, 11) is 0. The van der Waals surface area contributed by atoms with Crippen LogP contribution < -0.4 is 0 Å². The topological polar surface area (TPSA) is 20.3 Å². The predicted octanol–water partition coefficient (Wildman–Crippen LogP) is 2.37. The van der Waals surface area contributed by atoms with Crippen molar-refractivity contribution in [2.24, 2.45) is 0 Å². The third kappa shape index (κ3) is 2.31. The molecule has 0 saturated heterocycles. The van der Waals surface area contributed by atoms with Crippen molar-refractivity contribution in [1.82, 2.24) is 4.90 Å². The van der Waals surface area contributed by atoms with Gasteiger partial charge in [-0.2, -0.15) is 0 Å². The zero-order chi connectivity index (χ0) is 10.6. The highest BCUT2D eigenvalue weighted by Gasteiger charge is 2.11. The third-order valence-electron chi connectivity index (χ3n) is 2.35. The molecule has 1 aromatic rings. The van der Waals surface area contributed by atoms with Gasteiger partial charge < -0.3 is 4.90 Å². The Hall–Kier alpha value is -1.38. The number of carbonyl (C=O) groups excluding carboxylic acids is 1. The first-order chi connectivity index (χ1) is 6.69. The summed E-state index contributed by atoms with van der Waals surface area (Å²) in [5.74, 6) is -0.255. The molecule has 2 nitrogen and oxygen atoms in total. The molecule has 0 aliphatic heterocycles. The molecule has 1 rings (SSSR count). The van der Waals surface area contributed by atoms with Gasteiger partial charge in [0.25, 0.3) is 0 Å². The van der Waals surface area contributed by atoms with Crippen molar-refractivity contribution in [3.63, 3.8) is 0 Å². The van der Waals surface area contributed by atoms with E-state index in [9.17, 15) is 9.18 Å². The molecule has 1 aromatic carbocycles. The molecule has 0 radical (unpaired) electrons. The lowest BCUT2D eigenvalue weighted by atomic mass is 10.1. The SMILES string of the molecule is CCN(C=O)C(C)c1ccc(F)cc1. The summed E-state index contributed by atoms with van der Waals surface area (Å²) in [6.45, 7) is 4.49. The van der Waals surface area contributed by atoms with Crippen LogP contribution in [0.3, 0.4) is 0 Å². The fraction of sp³-hybridized carbons (Fsp3) is 0.364. The van der Waals surface area contributed by atoms with Gasteiger partial charge in [0.15, 0.2) is 0 Å². The van der Waals surface area contributed by atoms with Crippen molar-refractivity contribution < 1.29 is 9.18 Å². The molecule has 1 atom stereocenters. The van der Waals surface area contributed by atoms with Crippen molar-refractivity contribution in [3.05, 3.63) is 35.6 Å². The number of amides is 1. The molecule has 14 heavy (non-hydrogen) atoms. The quantitative estimate of drug-likeness (QED) is 0.675. The molecule has 0 spiro atoms. The first kappa shape index (κ1) is 10.7. The van der Waals surface area contributed by atoms with Gasteiger partial charge in [-0.25, -0.2) is 4.39 Å². The predicted molar refractivity (Wildman–Crippen MR) is 53.3 cm³/mol. The van der Waals surface area contributed by atoms with Crippen LogP contribution in [-0.4, -0.2) is 17.9 Å². The van der Waals surface area contributed by atoms with Crippen LogP contribution in [0.1, 0.15) is 25.5 Å². The van der Waals surface area contributed by atoms with Crippen molar-refractivity contribution in [2.45, 2.75) is 19.9 Å². The maximum Gasteiger partial charge on any atom is 0.210 e. The number of benzene rings is 1. The molecule has 0 aliphatic carbocycles. The van der Waals surface area contributed by atoms with Gasteiger partial charge in [0.2, 0.25) is 6.41 Å². The van der Waals surface area contributed by atoms with Gasteiger partial charge in [-0.1, -0.05) is 12.1 Å². The third-order valence-corrected chi connectivity index (χ3v) is 2.35. The molecule has 0 aromatic heterocycles. The summed E-state index contributed by atoms with van der Waals surface area (Å²) < 4.78 is 12.6. The van der Waals surface area contributed by atoms with E-state index in [0.29, 0.717) is 6.54 Å². The van der Waals surface area contributed by atoms with Crippen LogP contribution in [0.15, 0.2) is 24.3 Å². The molecule has 0 fully saturated rings. The maximum atomic E-state index is 12.6. The Morgan fingerprint density at radius 3 is 2.43 bits per heavy atom. The van der Waals surface area contributed by atoms with Gasteiger partial charge in [0, 0.05) is 6.54 Å². The number of hydrogen-bond donors (Lipinski definition) is 0. The number of halogens is 1. The summed E-state index contributed by atoms with van der Waals surface area (Å²) in [6, 6.07) is 6.21. The first-order valence-corrected chi connectivity index (χ1v) is 4.65. The van der Waals surface area contributed by atoms with Crippen molar-refractivity contribution in [1.29, 1.82) is 0 Å². The second-order valence-corrected chi connectivity index (χ2v) is 3.16. The van der Waals surface area contributed by atoms with Crippen LogP contribution in [0.5, 0.6) is 0 Å². The summed E-state index contributed by atoms with van der Waals surface area (Å²) in [5, 5.41) is 0. The van der Waals surface area contributed by atoms with E-state index in [1.54, 1.807) is 17.0 Å². The normalized spacial score (nSPS) is 12.2. The summed E-state index contributed by atoms with van der Waals surface area (Å²) in [5.41, 5.74) is 0.945. The molecule has 0 aliphatic rings. The smallest absolute Gasteiger partial charge is 0.210 e. The van der Waals surface area contributed by atoms with Gasteiger partial charge >= 0.3 is 0 Å². The highest BCUT2D eigenvalue weighted by Crippen LogP contribution is 2.18. The largest absolute Gasteiger partial charge is 0.339 e. The van der Waals surface area contributed by atoms with Crippen LogP contribution in [-0.2, 0) is 4.79 Å². The van der Waals surface area contributed by atoms with E-state index >= 15 is 0 Å². The minimum atomic E-state index is -0.255. The molecule has 76 valence electrons. The van der Waals surface area contributed by atoms with Crippen LogP contribution in [0.2, 0.25) is 0 Å². The van der Waals surface area contributed by atoms with E-state index in [1.807, 2.05) is 13.8 Å². The van der Waals surface area contributed by atoms with Crippen molar-refractivity contribution in [3.8, 4) is 0 Å². The Balaban J connectivity index is 2.82. The maximum absolute atomic E-state index is 12.6. The van der Waals surface area contributed by atoms with Crippen LogP contribution >= 0.6 is 0 Å². The zero-order valence-corrected chi connectivity index (χ0v) is 8.40. The Morgan fingerprint density at radius 1 is 1.43 bits per heavy atom. The molecule has 0 heterocycles. The van der Waals surface area contributed by atoms with E-state index in [1.165, 1.54) is 12.1 Å². The lowest BCUT2D eigenvalue weighted by molar-refractivity contribution is -0.119. The molecule has 1 amide bonds. The van der Waals surface area contributed by atoms with Crippen LogP contribution in [0.4, 0.5) is 4.39 Å². The molecular formula is C11H14FNO. The highest BCUT2D eigenvalue weighted by atomic mass is 19.1. The van der Waals surface area contributed by atoms with E-state index < -0.39 is 0 Å². The zero-order valence-electron chi connectivity index (χ0n) is 8.40. The van der Waals surface area contributed by atoms with Crippen LogP contribution in [0, 0.1) is 5.82 Å². The first-order valence-electron chi connectivity index (χ1n) is 4.65. The molecule has 1 unspecified atom stereocenters. The minimum Gasteiger partial charge on any atom is -0.339 e. The fourth-order valence-corrected chi connectivity index (χ4v) is 1.37. The Morgan fingerprint density at radius 2 is 2.00 bits per heavy atom. The molecule has 0 saturated carbocycles. The second kappa shape index (κ2) is 4.74.